The molecule has 3 aromatic rings. The maximum Gasteiger partial charge on any atom is 0.134 e. The number of nitrogens with zero attached hydrogens (tertiary/aromatic N) is 1. The molecule has 2 aromatic carbocycles. The molecule has 0 bridgehead atoms. The molecule has 108 valence electrons. The van der Waals surface area contributed by atoms with Crippen molar-refractivity contribution in [3.63, 3.8) is 0 Å². The Bertz CT molecular complexity index is 718. The molecule has 0 saturated heterocycles. The fourth-order valence-electron chi connectivity index (χ4n) is 2.64. The Morgan fingerprint density at radius 2 is 1.71 bits per heavy atom. The average molecular weight is 280 g/mol. The molecule has 1 aromatic heterocycles. The first-order valence-electron chi connectivity index (χ1n) is 7.19. The number of benzene rings is 2. The topological polar surface area (TPSA) is 28.4 Å². The zero-order chi connectivity index (χ0) is 14.7. The molecule has 21 heavy (non-hydrogen) atoms. The van der Waals surface area contributed by atoms with E-state index in [1.807, 2.05) is 25.2 Å². The van der Waals surface area contributed by atoms with E-state index in [0.29, 0.717) is 0 Å². The van der Waals surface area contributed by atoms with Gasteiger partial charge in [-0.05, 0) is 25.2 Å². The van der Waals surface area contributed by atoms with Gasteiger partial charge in [0.05, 0.1) is 6.54 Å². The number of hydrogen-bond donors (Lipinski definition) is 1. The van der Waals surface area contributed by atoms with E-state index in [9.17, 15) is 0 Å². The first kappa shape index (κ1) is 13.7. The third kappa shape index (κ3) is 2.78. The van der Waals surface area contributed by atoms with Crippen molar-refractivity contribution in [2.75, 3.05) is 19.0 Å². The number of rotatable bonds is 5. The quantitative estimate of drug-likeness (QED) is 0.771. The van der Waals surface area contributed by atoms with Gasteiger partial charge in [0.1, 0.15) is 11.3 Å². The summed E-state index contributed by atoms with van der Waals surface area (Å²) in [5.41, 5.74) is 3.42. The minimum Gasteiger partial charge on any atom is -0.459 e. The Hall–Kier alpha value is -2.26. The highest BCUT2D eigenvalue weighted by atomic mass is 16.3. The first-order chi connectivity index (χ1) is 10.3. The molecule has 1 heterocycles. The molecule has 0 spiro atoms. The molecule has 0 aliphatic carbocycles. The summed E-state index contributed by atoms with van der Waals surface area (Å²) >= 11 is 0. The Labute approximate surface area is 125 Å². The van der Waals surface area contributed by atoms with Crippen LogP contribution in [0.2, 0.25) is 0 Å². The molecule has 3 nitrogen and oxygen atoms in total. The lowest BCUT2D eigenvalue weighted by atomic mass is 10.1. The summed E-state index contributed by atoms with van der Waals surface area (Å²) in [5.74, 6) is 1.02. The van der Waals surface area contributed by atoms with Crippen LogP contribution in [-0.4, -0.2) is 14.1 Å². The summed E-state index contributed by atoms with van der Waals surface area (Å²) < 4.78 is 5.99. The minimum atomic E-state index is 0.743. The molecule has 1 N–H and O–H groups in total. The summed E-state index contributed by atoms with van der Waals surface area (Å²) in [6, 6.07) is 18.7. The maximum atomic E-state index is 5.99. The van der Waals surface area contributed by atoms with Gasteiger partial charge in [0.15, 0.2) is 0 Å². The van der Waals surface area contributed by atoms with Gasteiger partial charge in [-0.15, -0.1) is 0 Å². The number of anilines is 1. The van der Waals surface area contributed by atoms with Crippen LogP contribution in [-0.2, 0) is 13.1 Å². The van der Waals surface area contributed by atoms with E-state index < -0.39 is 0 Å². The van der Waals surface area contributed by atoms with Gasteiger partial charge >= 0.3 is 0 Å². The smallest absolute Gasteiger partial charge is 0.134 e. The van der Waals surface area contributed by atoms with Gasteiger partial charge in [-0.2, -0.15) is 0 Å². The van der Waals surface area contributed by atoms with Crippen molar-refractivity contribution in [2.45, 2.75) is 13.1 Å². The fraction of sp³-hybridized carbons (Fsp3) is 0.222. The number of fused-ring (bicyclic) bond motifs is 1. The zero-order valence-corrected chi connectivity index (χ0v) is 12.5. The SMILES string of the molecule is CNCc1oc2ccccc2c1CN(C)c1ccccc1. The fourth-order valence-corrected chi connectivity index (χ4v) is 2.64. The highest BCUT2D eigenvalue weighted by molar-refractivity contribution is 5.82. The van der Waals surface area contributed by atoms with Crippen molar-refractivity contribution in [1.82, 2.24) is 5.32 Å². The maximum absolute atomic E-state index is 5.99. The molecule has 0 amide bonds. The summed E-state index contributed by atoms with van der Waals surface area (Å²) in [6.07, 6.45) is 0. The molecule has 0 atom stereocenters. The van der Waals surface area contributed by atoms with Crippen LogP contribution in [0.4, 0.5) is 5.69 Å². The third-order valence-corrected chi connectivity index (χ3v) is 3.71. The van der Waals surface area contributed by atoms with Gasteiger partial charge in [0, 0.05) is 30.2 Å². The highest BCUT2D eigenvalue weighted by Crippen LogP contribution is 2.28. The van der Waals surface area contributed by atoms with E-state index in [1.165, 1.54) is 16.6 Å². The van der Waals surface area contributed by atoms with Gasteiger partial charge in [0.25, 0.3) is 0 Å². The van der Waals surface area contributed by atoms with E-state index in [4.69, 9.17) is 4.42 Å². The third-order valence-electron chi connectivity index (χ3n) is 3.71. The van der Waals surface area contributed by atoms with Crippen LogP contribution in [0.15, 0.2) is 59.0 Å². The molecular weight excluding hydrogens is 260 g/mol. The Balaban J connectivity index is 1.97. The Morgan fingerprint density at radius 1 is 1.00 bits per heavy atom. The second kappa shape index (κ2) is 6.02. The van der Waals surface area contributed by atoms with Gasteiger partial charge in [0.2, 0.25) is 0 Å². The summed E-state index contributed by atoms with van der Waals surface area (Å²) in [7, 11) is 4.05. The van der Waals surface area contributed by atoms with Crippen LogP contribution < -0.4 is 10.2 Å². The van der Waals surface area contributed by atoms with Crippen LogP contribution in [0.3, 0.4) is 0 Å². The van der Waals surface area contributed by atoms with E-state index in [0.717, 1.165) is 24.4 Å². The monoisotopic (exact) mass is 280 g/mol. The standard InChI is InChI=1S/C18H20N2O/c1-19-12-18-16(15-10-6-7-11-17(15)21-18)13-20(2)14-8-4-3-5-9-14/h3-11,19H,12-13H2,1-2H3. The van der Waals surface area contributed by atoms with Gasteiger partial charge in [-0.3, -0.25) is 0 Å². The minimum absolute atomic E-state index is 0.743. The number of hydrogen-bond acceptors (Lipinski definition) is 3. The molecular formula is C18H20N2O. The lowest BCUT2D eigenvalue weighted by Crippen LogP contribution is -2.18. The lowest BCUT2D eigenvalue weighted by Gasteiger charge is -2.19. The van der Waals surface area contributed by atoms with E-state index in [-0.39, 0.29) is 0 Å². The zero-order valence-electron chi connectivity index (χ0n) is 12.5. The second-order valence-corrected chi connectivity index (χ2v) is 5.22. The van der Waals surface area contributed by atoms with Crippen LogP contribution >= 0.6 is 0 Å². The van der Waals surface area contributed by atoms with Gasteiger partial charge in [-0.1, -0.05) is 36.4 Å². The predicted molar refractivity (Wildman–Crippen MR) is 87.5 cm³/mol. The van der Waals surface area contributed by atoms with Crippen molar-refractivity contribution in [3.8, 4) is 0 Å². The van der Waals surface area contributed by atoms with Crippen molar-refractivity contribution < 1.29 is 4.42 Å². The van der Waals surface area contributed by atoms with Crippen LogP contribution in [0.5, 0.6) is 0 Å². The normalized spacial score (nSPS) is 11.0. The predicted octanol–water partition coefficient (Wildman–Crippen LogP) is 3.79. The molecule has 0 saturated carbocycles. The summed E-state index contributed by atoms with van der Waals surface area (Å²) in [5, 5.41) is 4.39. The van der Waals surface area contributed by atoms with Crippen molar-refractivity contribution in [1.29, 1.82) is 0 Å². The highest BCUT2D eigenvalue weighted by Gasteiger charge is 2.15. The Kier molecular flexibility index (Phi) is 3.93. The van der Waals surface area contributed by atoms with Crippen molar-refractivity contribution in [2.24, 2.45) is 0 Å². The largest absolute Gasteiger partial charge is 0.459 e. The average Bonchev–Trinajstić information content (AvgIpc) is 2.86. The lowest BCUT2D eigenvalue weighted by molar-refractivity contribution is 0.523. The van der Waals surface area contributed by atoms with E-state index in [2.05, 4.69) is 53.7 Å². The Morgan fingerprint density at radius 3 is 2.48 bits per heavy atom. The molecule has 0 unspecified atom stereocenters. The van der Waals surface area contributed by atoms with Crippen LogP contribution in [0.25, 0.3) is 11.0 Å². The van der Waals surface area contributed by atoms with E-state index in [1.54, 1.807) is 0 Å². The molecule has 0 aliphatic rings. The second-order valence-electron chi connectivity index (χ2n) is 5.22. The molecule has 3 heteroatoms. The first-order valence-corrected chi connectivity index (χ1v) is 7.19. The molecule has 0 radical (unpaired) electrons. The van der Waals surface area contributed by atoms with Crippen LogP contribution in [0.1, 0.15) is 11.3 Å². The molecule has 0 fully saturated rings. The summed E-state index contributed by atoms with van der Waals surface area (Å²) in [6.45, 7) is 1.57. The van der Waals surface area contributed by atoms with Crippen molar-refractivity contribution in [3.05, 3.63) is 65.9 Å². The van der Waals surface area contributed by atoms with Crippen LogP contribution in [0, 0.1) is 0 Å². The number of nitrogens with one attached hydrogen (secondary N) is 1. The molecule has 3 rings (SSSR count). The number of furan rings is 1. The molecule has 0 aliphatic heterocycles. The summed E-state index contributed by atoms with van der Waals surface area (Å²) in [4.78, 5) is 2.25. The van der Waals surface area contributed by atoms with E-state index >= 15 is 0 Å². The number of para-hydroxylation sites is 2. The van der Waals surface area contributed by atoms with Gasteiger partial charge < -0.3 is 14.6 Å². The van der Waals surface area contributed by atoms with Gasteiger partial charge in [-0.25, -0.2) is 0 Å². The van der Waals surface area contributed by atoms with Crippen molar-refractivity contribution >= 4 is 16.7 Å².